The van der Waals surface area contributed by atoms with Crippen LogP contribution in [-0.2, 0) is 4.79 Å². The molecule has 2 rings (SSSR count). The van der Waals surface area contributed by atoms with Gasteiger partial charge >= 0.3 is 0 Å². The van der Waals surface area contributed by atoms with Crippen LogP contribution in [-0.4, -0.2) is 19.0 Å². The quantitative estimate of drug-likeness (QED) is 0.881. The smallest absolute Gasteiger partial charge is 0.231 e. The first-order valence-corrected chi connectivity index (χ1v) is 6.86. The number of nitrogens with one attached hydrogen (secondary N) is 2. The molecule has 0 bridgehead atoms. The summed E-state index contributed by atoms with van der Waals surface area (Å²) < 4.78 is 13.7. The van der Waals surface area contributed by atoms with Crippen LogP contribution in [0.4, 0.5) is 10.1 Å². The molecule has 0 saturated carbocycles. The predicted molar refractivity (Wildman–Crippen MR) is 74.6 cm³/mol. The average Bonchev–Trinajstić information content (AvgIpc) is 2.43. The van der Waals surface area contributed by atoms with Crippen molar-refractivity contribution in [2.24, 2.45) is 5.41 Å². The second kappa shape index (κ2) is 5.70. The topological polar surface area (TPSA) is 41.1 Å². The summed E-state index contributed by atoms with van der Waals surface area (Å²) in [7, 11) is 0. The lowest BCUT2D eigenvalue weighted by Crippen LogP contribution is -2.47. The van der Waals surface area contributed by atoms with Gasteiger partial charge in [0.25, 0.3) is 0 Å². The van der Waals surface area contributed by atoms with E-state index >= 15 is 0 Å². The lowest BCUT2D eigenvalue weighted by molar-refractivity contribution is -0.126. The van der Waals surface area contributed by atoms with Gasteiger partial charge < -0.3 is 10.6 Å². The highest BCUT2D eigenvalue weighted by molar-refractivity contribution is 5.95. The summed E-state index contributed by atoms with van der Waals surface area (Å²) in [6.07, 6.45) is 2.60. The monoisotopic (exact) mass is 264 g/mol. The third-order valence-corrected chi connectivity index (χ3v) is 4.00. The number of hydrogen-bond donors (Lipinski definition) is 2. The molecule has 1 aromatic rings. The maximum absolute atomic E-state index is 13.7. The summed E-state index contributed by atoms with van der Waals surface area (Å²) in [5, 5.41) is 6.02. The van der Waals surface area contributed by atoms with Crippen molar-refractivity contribution >= 4 is 11.6 Å². The van der Waals surface area contributed by atoms with Gasteiger partial charge in [0.15, 0.2) is 0 Å². The zero-order valence-electron chi connectivity index (χ0n) is 11.6. The minimum atomic E-state index is -0.408. The van der Waals surface area contributed by atoms with E-state index < -0.39 is 5.41 Å². The van der Waals surface area contributed by atoms with Crippen molar-refractivity contribution in [3.8, 4) is 0 Å². The highest BCUT2D eigenvalue weighted by atomic mass is 19.1. The lowest BCUT2D eigenvalue weighted by Gasteiger charge is -2.35. The molecule has 1 aliphatic rings. The molecule has 19 heavy (non-hydrogen) atoms. The van der Waals surface area contributed by atoms with E-state index in [1.54, 1.807) is 12.1 Å². The van der Waals surface area contributed by atoms with Crippen molar-refractivity contribution in [2.75, 3.05) is 18.4 Å². The van der Waals surface area contributed by atoms with Crippen molar-refractivity contribution in [2.45, 2.75) is 33.1 Å². The van der Waals surface area contributed by atoms with Crippen molar-refractivity contribution < 1.29 is 9.18 Å². The minimum Gasteiger partial charge on any atom is -0.323 e. The average molecular weight is 264 g/mol. The number of carbonyl (C=O) groups excluding carboxylic acids is 1. The fourth-order valence-corrected chi connectivity index (χ4v) is 2.61. The number of aryl methyl sites for hydroxylation is 1. The zero-order chi connectivity index (χ0) is 13.9. The molecule has 1 heterocycles. The van der Waals surface area contributed by atoms with Crippen LogP contribution in [0.15, 0.2) is 18.2 Å². The Labute approximate surface area is 113 Å². The van der Waals surface area contributed by atoms with E-state index in [1.807, 2.05) is 13.8 Å². The minimum absolute atomic E-state index is 0.0771. The first-order chi connectivity index (χ1) is 9.07. The molecule has 0 aromatic heterocycles. The highest BCUT2D eigenvalue weighted by Gasteiger charge is 2.38. The number of anilines is 1. The number of piperidine rings is 1. The van der Waals surface area contributed by atoms with E-state index in [-0.39, 0.29) is 17.4 Å². The van der Waals surface area contributed by atoms with Gasteiger partial charge in [-0.1, -0.05) is 13.0 Å². The molecular formula is C15H21FN2O. The molecular weight excluding hydrogens is 243 g/mol. The summed E-state index contributed by atoms with van der Waals surface area (Å²) in [5.41, 5.74) is 0.807. The number of amides is 1. The van der Waals surface area contributed by atoms with Crippen LogP contribution in [0.1, 0.15) is 31.7 Å². The predicted octanol–water partition coefficient (Wildman–Crippen LogP) is 2.85. The molecule has 4 heteroatoms. The Morgan fingerprint density at radius 3 is 2.95 bits per heavy atom. The SMILES string of the molecule is CCC1(C(=O)Nc2cc(C)ccc2F)CCCNC1. The van der Waals surface area contributed by atoms with Crippen molar-refractivity contribution in [3.05, 3.63) is 29.6 Å². The van der Waals surface area contributed by atoms with Crippen LogP contribution >= 0.6 is 0 Å². The normalized spacial score (nSPS) is 23.1. The highest BCUT2D eigenvalue weighted by Crippen LogP contribution is 2.32. The van der Waals surface area contributed by atoms with E-state index in [1.165, 1.54) is 6.07 Å². The number of hydrogen-bond acceptors (Lipinski definition) is 2. The molecule has 1 amide bonds. The Morgan fingerprint density at radius 1 is 1.53 bits per heavy atom. The molecule has 1 atom stereocenters. The Bertz CT molecular complexity index is 467. The molecule has 0 radical (unpaired) electrons. The lowest BCUT2D eigenvalue weighted by atomic mass is 9.77. The molecule has 1 unspecified atom stereocenters. The maximum Gasteiger partial charge on any atom is 0.231 e. The Hall–Kier alpha value is -1.42. The maximum atomic E-state index is 13.7. The molecule has 1 aliphatic heterocycles. The van der Waals surface area contributed by atoms with E-state index in [9.17, 15) is 9.18 Å². The molecule has 1 aromatic carbocycles. The third kappa shape index (κ3) is 2.95. The Morgan fingerprint density at radius 2 is 2.32 bits per heavy atom. The van der Waals surface area contributed by atoms with Gasteiger partial charge in [0.1, 0.15) is 5.82 Å². The molecule has 1 fully saturated rings. The number of carbonyl (C=O) groups is 1. The first-order valence-electron chi connectivity index (χ1n) is 6.86. The van der Waals surface area contributed by atoms with Gasteiger partial charge in [-0.3, -0.25) is 4.79 Å². The summed E-state index contributed by atoms with van der Waals surface area (Å²) in [6, 6.07) is 4.76. The summed E-state index contributed by atoms with van der Waals surface area (Å²) in [6.45, 7) is 5.52. The largest absolute Gasteiger partial charge is 0.323 e. The van der Waals surface area contributed by atoms with Gasteiger partial charge in [-0.2, -0.15) is 0 Å². The van der Waals surface area contributed by atoms with Gasteiger partial charge in [-0.25, -0.2) is 4.39 Å². The summed E-state index contributed by atoms with van der Waals surface area (Å²) >= 11 is 0. The second-order valence-corrected chi connectivity index (χ2v) is 5.35. The van der Waals surface area contributed by atoms with E-state index in [0.717, 1.165) is 31.4 Å². The fourth-order valence-electron chi connectivity index (χ4n) is 2.61. The molecule has 0 spiro atoms. The van der Waals surface area contributed by atoms with Crippen LogP contribution < -0.4 is 10.6 Å². The Balaban J connectivity index is 2.17. The van der Waals surface area contributed by atoms with Gasteiger partial charge in [0.05, 0.1) is 11.1 Å². The zero-order valence-corrected chi connectivity index (χ0v) is 11.6. The van der Waals surface area contributed by atoms with Crippen LogP contribution in [0.3, 0.4) is 0 Å². The number of halogens is 1. The van der Waals surface area contributed by atoms with Crippen molar-refractivity contribution in [1.29, 1.82) is 0 Å². The summed E-state index contributed by atoms with van der Waals surface area (Å²) in [5.74, 6) is -0.458. The molecule has 2 N–H and O–H groups in total. The van der Waals surface area contributed by atoms with Crippen LogP contribution in [0.2, 0.25) is 0 Å². The van der Waals surface area contributed by atoms with Gasteiger partial charge in [-0.05, 0) is 50.4 Å². The molecule has 3 nitrogen and oxygen atoms in total. The summed E-state index contributed by atoms with van der Waals surface area (Å²) in [4.78, 5) is 12.5. The van der Waals surface area contributed by atoms with Crippen LogP contribution in [0, 0.1) is 18.2 Å². The van der Waals surface area contributed by atoms with Gasteiger partial charge in [0, 0.05) is 6.54 Å². The van der Waals surface area contributed by atoms with Crippen molar-refractivity contribution in [3.63, 3.8) is 0 Å². The second-order valence-electron chi connectivity index (χ2n) is 5.35. The first kappa shape index (κ1) is 14.0. The van der Waals surface area contributed by atoms with Gasteiger partial charge in [-0.15, -0.1) is 0 Å². The number of rotatable bonds is 3. The molecule has 0 aliphatic carbocycles. The van der Waals surface area contributed by atoms with Gasteiger partial charge in [0.2, 0.25) is 5.91 Å². The van der Waals surface area contributed by atoms with Crippen LogP contribution in [0.25, 0.3) is 0 Å². The molecule has 104 valence electrons. The number of benzene rings is 1. The fraction of sp³-hybridized carbons (Fsp3) is 0.533. The Kier molecular flexibility index (Phi) is 4.20. The van der Waals surface area contributed by atoms with E-state index in [0.29, 0.717) is 6.54 Å². The van der Waals surface area contributed by atoms with Crippen molar-refractivity contribution in [1.82, 2.24) is 5.32 Å². The van der Waals surface area contributed by atoms with Crippen LogP contribution in [0.5, 0.6) is 0 Å². The standard InChI is InChI=1S/C15H21FN2O/c1-3-15(7-4-8-17-10-15)14(19)18-13-9-11(2)5-6-12(13)16/h5-6,9,17H,3-4,7-8,10H2,1-2H3,(H,18,19). The molecule has 1 saturated heterocycles. The van der Waals surface area contributed by atoms with E-state index in [4.69, 9.17) is 0 Å². The third-order valence-electron chi connectivity index (χ3n) is 4.00. The van der Waals surface area contributed by atoms with E-state index in [2.05, 4.69) is 10.6 Å².